The van der Waals surface area contributed by atoms with Gasteiger partial charge in [0.05, 0.1) is 19.1 Å². The molecular weight excluding hydrogens is 612 g/mol. The van der Waals surface area contributed by atoms with Crippen LogP contribution in [-0.4, -0.2) is 70.7 Å². The van der Waals surface area contributed by atoms with E-state index in [0.29, 0.717) is 0 Å². The molecule has 248 valence electrons. The Morgan fingerprint density at radius 3 is 1.77 bits per heavy atom. The third kappa shape index (κ3) is 8.65. The largest absolute Gasteiger partial charge is 0.368 e. The number of aromatic nitrogens is 2. The number of amides is 5. The number of carbonyl (C=O) groups excluding carboxylic acids is 5. The first-order valence-electron chi connectivity index (χ1n) is 15.5. The number of rotatable bonds is 15. The lowest BCUT2D eigenvalue weighted by atomic mass is 10.0. The number of H-pyrrole nitrogens is 2. The maximum atomic E-state index is 13.9. The summed E-state index contributed by atoms with van der Waals surface area (Å²) in [6, 6.07) is 21.2. The summed E-state index contributed by atoms with van der Waals surface area (Å²) >= 11 is 0. The quantitative estimate of drug-likeness (QED) is 0.0815. The molecule has 5 aromatic rings. The van der Waals surface area contributed by atoms with Gasteiger partial charge in [-0.2, -0.15) is 0 Å². The fourth-order valence-corrected chi connectivity index (χ4v) is 5.51. The van der Waals surface area contributed by atoms with Gasteiger partial charge in [-0.05, 0) is 35.2 Å². The molecule has 0 unspecified atom stereocenters. The van der Waals surface area contributed by atoms with E-state index in [-0.39, 0.29) is 25.8 Å². The number of hydrogen-bond acceptors (Lipinski definition) is 6. The van der Waals surface area contributed by atoms with Gasteiger partial charge in [0, 0.05) is 47.0 Å². The van der Waals surface area contributed by atoms with Crippen molar-refractivity contribution in [3.8, 4) is 0 Å². The number of aromatic amines is 2. The minimum absolute atomic E-state index is 0.0799. The van der Waals surface area contributed by atoms with Crippen molar-refractivity contribution in [1.82, 2.24) is 31.2 Å². The van der Waals surface area contributed by atoms with Crippen LogP contribution in [0, 0.1) is 0 Å². The highest BCUT2D eigenvalue weighted by Gasteiger charge is 2.29. The first kappa shape index (κ1) is 33.4. The van der Waals surface area contributed by atoms with Gasteiger partial charge in [0.2, 0.25) is 29.5 Å². The van der Waals surface area contributed by atoms with Crippen LogP contribution in [-0.2, 0) is 43.2 Å². The van der Waals surface area contributed by atoms with Gasteiger partial charge < -0.3 is 42.7 Å². The van der Waals surface area contributed by atoms with Crippen LogP contribution in [0.5, 0.6) is 0 Å². The number of para-hydroxylation sites is 2. The van der Waals surface area contributed by atoms with Gasteiger partial charge in [-0.25, -0.2) is 0 Å². The Morgan fingerprint density at radius 2 is 1.15 bits per heavy atom. The van der Waals surface area contributed by atoms with E-state index in [2.05, 4.69) is 31.2 Å². The molecular formula is C35H38N8O5. The predicted octanol–water partition coefficient (Wildman–Crippen LogP) is 0.692. The molecule has 0 saturated carbocycles. The van der Waals surface area contributed by atoms with E-state index < -0.39 is 54.2 Å². The molecule has 10 N–H and O–H groups in total. The predicted molar refractivity (Wildman–Crippen MR) is 181 cm³/mol. The lowest BCUT2D eigenvalue weighted by Crippen LogP contribution is -2.57. The fourth-order valence-electron chi connectivity index (χ4n) is 5.51. The van der Waals surface area contributed by atoms with Crippen LogP contribution in [0.2, 0.25) is 0 Å². The second-order valence-corrected chi connectivity index (χ2v) is 11.5. The van der Waals surface area contributed by atoms with Crippen molar-refractivity contribution in [2.24, 2.45) is 11.5 Å². The molecule has 5 rings (SSSR count). The van der Waals surface area contributed by atoms with Crippen LogP contribution >= 0.6 is 0 Å². The maximum Gasteiger partial charge on any atom is 0.243 e. The molecule has 3 atom stereocenters. The Labute approximate surface area is 276 Å². The Hall–Kier alpha value is -5.95. The molecule has 0 aliphatic rings. The highest BCUT2D eigenvalue weighted by atomic mass is 16.2. The van der Waals surface area contributed by atoms with Crippen LogP contribution in [0.15, 0.2) is 91.3 Å². The van der Waals surface area contributed by atoms with Crippen molar-refractivity contribution in [1.29, 1.82) is 0 Å². The average Bonchev–Trinajstić information content (AvgIpc) is 3.69. The van der Waals surface area contributed by atoms with Crippen molar-refractivity contribution in [3.05, 3.63) is 108 Å². The van der Waals surface area contributed by atoms with Crippen LogP contribution in [0.1, 0.15) is 16.7 Å². The summed E-state index contributed by atoms with van der Waals surface area (Å²) in [4.78, 5) is 70.4. The van der Waals surface area contributed by atoms with Crippen molar-refractivity contribution < 1.29 is 24.0 Å². The molecule has 0 aliphatic heterocycles. The Kier molecular flexibility index (Phi) is 10.8. The zero-order valence-corrected chi connectivity index (χ0v) is 26.1. The van der Waals surface area contributed by atoms with Gasteiger partial charge >= 0.3 is 0 Å². The molecule has 0 aliphatic carbocycles. The van der Waals surface area contributed by atoms with Gasteiger partial charge in [-0.1, -0.05) is 66.7 Å². The van der Waals surface area contributed by atoms with E-state index in [1.54, 1.807) is 6.20 Å². The molecule has 0 spiro atoms. The van der Waals surface area contributed by atoms with Crippen molar-refractivity contribution in [3.63, 3.8) is 0 Å². The van der Waals surface area contributed by atoms with Crippen molar-refractivity contribution in [2.75, 3.05) is 13.1 Å². The standard InChI is InChI=1S/C35H38N8O5/c36-26(15-22-17-38-27-12-6-4-10-24(22)27)33(46)42-29(14-21-8-2-1-3-9-21)35(48)43-30(34(47)41-20-32(45)40-19-31(37)44)16-23-18-39-28-13-7-5-11-25(23)28/h1-13,17-18,26,29-30,38-39H,14-16,19-20,36H2,(H2,37,44)(H,40,45)(H,41,47)(H,42,46)(H,43,48)/t26-,29+,30-/m1/s1. The van der Waals surface area contributed by atoms with Crippen molar-refractivity contribution >= 4 is 51.3 Å². The molecule has 13 nitrogen and oxygen atoms in total. The molecule has 2 aromatic heterocycles. The van der Waals surface area contributed by atoms with Crippen LogP contribution < -0.4 is 32.7 Å². The fraction of sp³-hybridized carbons (Fsp3) is 0.229. The Morgan fingerprint density at radius 1 is 0.604 bits per heavy atom. The molecule has 13 heteroatoms. The number of hydrogen-bond donors (Lipinski definition) is 8. The molecule has 0 fully saturated rings. The van der Waals surface area contributed by atoms with Gasteiger partial charge in [0.1, 0.15) is 12.1 Å². The summed E-state index contributed by atoms with van der Waals surface area (Å²) in [6.45, 7) is -0.827. The second-order valence-electron chi connectivity index (χ2n) is 11.5. The number of benzene rings is 3. The minimum atomic E-state index is -1.13. The first-order valence-corrected chi connectivity index (χ1v) is 15.5. The van der Waals surface area contributed by atoms with Crippen molar-refractivity contribution in [2.45, 2.75) is 37.4 Å². The normalized spacial score (nSPS) is 12.9. The van der Waals surface area contributed by atoms with E-state index >= 15 is 0 Å². The SMILES string of the molecule is NC(=O)CNC(=O)CNC(=O)[C@@H](Cc1c[nH]c2ccccc12)NC(=O)[C@H](Cc1ccccc1)NC(=O)[C@H](N)Cc1c[nH]c2ccccc12. The van der Waals surface area contributed by atoms with E-state index in [0.717, 1.165) is 38.5 Å². The highest BCUT2D eigenvalue weighted by Crippen LogP contribution is 2.20. The smallest absolute Gasteiger partial charge is 0.243 e. The van der Waals surface area contributed by atoms with Gasteiger partial charge in [0.15, 0.2) is 0 Å². The summed E-state index contributed by atoms with van der Waals surface area (Å²) in [5, 5.41) is 12.2. The molecule has 48 heavy (non-hydrogen) atoms. The number of nitrogens with one attached hydrogen (secondary N) is 6. The number of nitrogens with two attached hydrogens (primary N) is 2. The second kappa shape index (κ2) is 15.6. The Balaban J connectivity index is 1.34. The van der Waals surface area contributed by atoms with E-state index in [1.165, 1.54) is 0 Å². The highest BCUT2D eigenvalue weighted by molar-refractivity contribution is 5.95. The summed E-state index contributed by atoms with van der Waals surface area (Å²) in [5.41, 5.74) is 15.6. The molecule has 0 radical (unpaired) electrons. The Bertz CT molecular complexity index is 1920. The van der Waals surface area contributed by atoms with Crippen LogP contribution in [0.3, 0.4) is 0 Å². The minimum Gasteiger partial charge on any atom is -0.368 e. The lowest BCUT2D eigenvalue weighted by Gasteiger charge is -2.24. The van der Waals surface area contributed by atoms with Gasteiger partial charge in [-0.15, -0.1) is 0 Å². The van der Waals surface area contributed by atoms with Crippen LogP contribution in [0.25, 0.3) is 21.8 Å². The van der Waals surface area contributed by atoms with E-state index in [9.17, 15) is 24.0 Å². The third-order valence-corrected chi connectivity index (χ3v) is 7.98. The third-order valence-electron chi connectivity index (χ3n) is 7.98. The summed E-state index contributed by atoms with van der Waals surface area (Å²) in [6.07, 6.45) is 4.02. The topological polar surface area (TPSA) is 217 Å². The number of primary amides is 1. The van der Waals surface area contributed by atoms with Crippen LogP contribution in [0.4, 0.5) is 0 Å². The van der Waals surface area contributed by atoms with E-state index in [4.69, 9.17) is 11.5 Å². The summed E-state index contributed by atoms with van der Waals surface area (Å²) in [5.74, 6) is -3.13. The zero-order valence-electron chi connectivity index (χ0n) is 26.1. The lowest BCUT2D eigenvalue weighted by molar-refractivity contribution is -0.133. The summed E-state index contributed by atoms with van der Waals surface area (Å²) < 4.78 is 0. The molecule has 0 bridgehead atoms. The molecule has 2 heterocycles. The maximum absolute atomic E-state index is 13.9. The zero-order chi connectivity index (χ0) is 34.0. The number of carbonyl (C=O) groups is 5. The first-order chi connectivity index (χ1) is 23.2. The molecule has 5 amide bonds. The number of fused-ring (bicyclic) bond motifs is 2. The molecule has 0 saturated heterocycles. The monoisotopic (exact) mass is 650 g/mol. The summed E-state index contributed by atoms with van der Waals surface area (Å²) in [7, 11) is 0. The van der Waals surface area contributed by atoms with E-state index in [1.807, 2.05) is 85.1 Å². The molecule has 3 aromatic carbocycles. The average molecular weight is 651 g/mol. The van der Waals surface area contributed by atoms with Gasteiger partial charge in [-0.3, -0.25) is 24.0 Å². The van der Waals surface area contributed by atoms with Gasteiger partial charge in [0.25, 0.3) is 0 Å².